The first-order valence-corrected chi connectivity index (χ1v) is 6.44. The van der Waals surface area contributed by atoms with Gasteiger partial charge in [0.1, 0.15) is 0 Å². The van der Waals surface area contributed by atoms with Crippen molar-refractivity contribution >= 4 is 15.9 Å². The Balaban J connectivity index is 2.89. The molecule has 0 spiro atoms. The maximum atomic E-state index is 3.39. The highest BCUT2D eigenvalue weighted by atomic mass is 79.9. The van der Waals surface area contributed by atoms with E-state index in [2.05, 4.69) is 67.1 Å². The van der Waals surface area contributed by atoms with Crippen LogP contribution in [0.3, 0.4) is 0 Å². The Labute approximate surface area is 101 Å². The highest BCUT2D eigenvalue weighted by molar-refractivity contribution is 9.09. The number of rotatable bonds is 4. The summed E-state index contributed by atoms with van der Waals surface area (Å²) in [5.41, 5.74) is 5.18. The lowest BCUT2D eigenvalue weighted by atomic mass is 9.83. The van der Waals surface area contributed by atoms with Crippen molar-refractivity contribution in [3.63, 3.8) is 0 Å². The summed E-state index contributed by atoms with van der Waals surface area (Å²) >= 11 is 3.39. The van der Waals surface area contributed by atoms with Gasteiger partial charge in [0, 0.05) is 12.0 Å². The number of benzene rings is 1. The van der Waals surface area contributed by atoms with Crippen LogP contribution in [-0.4, -0.2) is 12.0 Å². The van der Waals surface area contributed by atoms with E-state index in [-0.39, 0.29) is 5.41 Å². The van der Waals surface area contributed by atoms with Crippen molar-refractivity contribution in [3.05, 3.63) is 34.9 Å². The Morgan fingerprint density at radius 2 is 1.87 bits per heavy atom. The number of nitrogens with one attached hydrogen (secondary N) is 1. The first-order chi connectivity index (χ1) is 6.97. The molecule has 2 heteroatoms. The molecule has 84 valence electrons. The van der Waals surface area contributed by atoms with E-state index in [1.165, 1.54) is 16.7 Å². The summed E-state index contributed by atoms with van der Waals surface area (Å²) in [4.78, 5) is 0. The largest absolute Gasteiger partial charge is 0.306 e. The third-order valence-electron chi connectivity index (χ3n) is 2.95. The molecule has 1 aromatic rings. The van der Waals surface area contributed by atoms with E-state index >= 15 is 0 Å². The Kier molecular flexibility index (Phi) is 4.35. The number of aryl methyl sites for hydroxylation is 2. The van der Waals surface area contributed by atoms with Crippen molar-refractivity contribution in [2.45, 2.75) is 33.1 Å². The van der Waals surface area contributed by atoms with Crippen molar-refractivity contribution in [1.29, 1.82) is 0 Å². The van der Waals surface area contributed by atoms with Gasteiger partial charge in [-0.25, -0.2) is 0 Å². The molecule has 0 aliphatic carbocycles. The Hall–Kier alpha value is -0.340. The van der Waals surface area contributed by atoms with Crippen LogP contribution in [0.4, 0.5) is 0 Å². The summed E-state index contributed by atoms with van der Waals surface area (Å²) < 4.78 is 0. The zero-order chi connectivity index (χ0) is 11.5. The molecule has 0 bridgehead atoms. The van der Waals surface area contributed by atoms with Gasteiger partial charge >= 0.3 is 0 Å². The molecule has 0 unspecified atom stereocenters. The second-order valence-corrected chi connectivity index (χ2v) is 5.30. The van der Waals surface area contributed by atoms with Crippen molar-refractivity contribution in [1.82, 2.24) is 5.32 Å². The molecule has 1 N–H and O–H groups in total. The molecule has 0 amide bonds. The van der Waals surface area contributed by atoms with Crippen LogP contribution in [0.1, 0.15) is 30.5 Å². The van der Waals surface area contributed by atoms with Gasteiger partial charge in [0.15, 0.2) is 0 Å². The van der Waals surface area contributed by atoms with E-state index in [1.54, 1.807) is 0 Å². The van der Waals surface area contributed by atoms with Gasteiger partial charge in [0.05, 0.1) is 5.45 Å². The minimum atomic E-state index is 0.187. The Bertz CT molecular complexity index is 331. The quantitative estimate of drug-likeness (QED) is 0.652. The summed E-state index contributed by atoms with van der Waals surface area (Å²) in [5.74, 6) is 0. The topological polar surface area (TPSA) is 12.0 Å². The van der Waals surface area contributed by atoms with Gasteiger partial charge in [0.25, 0.3) is 0 Å². The number of alkyl halides is 1. The molecule has 0 radical (unpaired) electrons. The van der Waals surface area contributed by atoms with Crippen molar-refractivity contribution in [2.75, 3.05) is 12.0 Å². The van der Waals surface area contributed by atoms with Gasteiger partial charge in [-0.3, -0.25) is 0 Å². The van der Waals surface area contributed by atoms with Gasteiger partial charge < -0.3 is 5.32 Å². The molecule has 1 nitrogen and oxygen atoms in total. The SMILES string of the molecule is Cc1ccc(C(C)(C)CNCBr)cc1C. The molecule has 0 aromatic heterocycles. The van der Waals surface area contributed by atoms with Crippen LogP contribution in [0.25, 0.3) is 0 Å². The molecular formula is C13H20BrN. The molecule has 0 fully saturated rings. The summed E-state index contributed by atoms with van der Waals surface area (Å²) in [6, 6.07) is 6.74. The minimum Gasteiger partial charge on any atom is -0.306 e. The number of halogens is 1. The monoisotopic (exact) mass is 269 g/mol. The van der Waals surface area contributed by atoms with E-state index < -0.39 is 0 Å². The lowest BCUT2D eigenvalue weighted by Gasteiger charge is -2.26. The van der Waals surface area contributed by atoms with Crippen LogP contribution in [0.15, 0.2) is 18.2 Å². The fraction of sp³-hybridized carbons (Fsp3) is 0.538. The predicted octanol–water partition coefficient (Wildman–Crippen LogP) is 3.52. The molecule has 1 rings (SSSR count). The molecule has 15 heavy (non-hydrogen) atoms. The first-order valence-electron chi connectivity index (χ1n) is 5.32. The van der Waals surface area contributed by atoms with Crippen LogP contribution in [0.5, 0.6) is 0 Å². The average molecular weight is 270 g/mol. The highest BCUT2D eigenvalue weighted by Crippen LogP contribution is 2.24. The van der Waals surface area contributed by atoms with Gasteiger partial charge in [0.2, 0.25) is 0 Å². The molecule has 0 aliphatic heterocycles. The minimum absolute atomic E-state index is 0.187. The third-order valence-corrected chi connectivity index (χ3v) is 3.35. The maximum absolute atomic E-state index is 3.39. The molecule has 0 aliphatic rings. The lowest BCUT2D eigenvalue weighted by molar-refractivity contribution is 0.490. The normalized spacial score (nSPS) is 11.8. The lowest BCUT2D eigenvalue weighted by Crippen LogP contribution is -2.32. The fourth-order valence-electron chi connectivity index (χ4n) is 1.62. The van der Waals surface area contributed by atoms with Crippen LogP contribution < -0.4 is 5.32 Å². The number of hydrogen-bond donors (Lipinski definition) is 1. The molecule has 0 saturated heterocycles. The van der Waals surface area contributed by atoms with Gasteiger partial charge in [-0.15, -0.1) is 0 Å². The second kappa shape index (κ2) is 5.13. The first kappa shape index (κ1) is 12.7. The van der Waals surface area contributed by atoms with E-state index in [9.17, 15) is 0 Å². The number of hydrogen-bond acceptors (Lipinski definition) is 1. The molecule has 1 aromatic carbocycles. The smallest absolute Gasteiger partial charge is 0.0517 e. The van der Waals surface area contributed by atoms with E-state index in [0.29, 0.717) is 0 Å². The maximum Gasteiger partial charge on any atom is 0.0517 e. The van der Waals surface area contributed by atoms with Crippen LogP contribution in [0.2, 0.25) is 0 Å². The van der Waals surface area contributed by atoms with Crippen molar-refractivity contribution < 1.29 is 0 Å². The van der Waals surface area contributed by atoms with Crippen molar-refractivity contribution in [2.24, 2.45) is 0 Å². The fourth-order valence-corrected chi connectivity index (χ4v) is 1.82. The molecular weight excluding hydrogens is 250 g/mol. The standard InChI is InChI=1S/C13H20BrN/c1-10-5-6-12(7-11(10)2)13(3,4)8-15-9-14/h5-7,15H,8-9H2,1-4H3. The predicted molar refractivity (Wildman–Crippen MR) is 70.7 cm³/mol. The van der Waals surface area contributed by atoms with Crippen LogP contribution >= 0.6 is 15.9 Å². The average Bonchev–Trinajstić information content (AvgIpc) is 2.19. The van der Waals surface area contributed by atoms with Gasteiger partial charge in [-0.2, -0.15) is 0 Å². The van der Waals surface area contributed by atoms with Gasteiger partial charge in [-0.1, -0.05) is 48.0 Å². The van der Waals surface area contributed by atoms with Crippen LogP contribution in [0, 0.1) is 13.8 Å². The Morgan fingerprint density at radius 1 is 1.20 bits per heavy atom. The van der Waals surface area contributed by atoms with E-state index in [4.69, 9.17) is 0 Å². The highest BCUT2D eigenvalue weighted by Gasteiger charge is 2.19. The third kappa shape index (κ3) is 3.32. The molecule has 0 heterocycles. The zero-order valence-corrected chi connectivity index (χ0v) is 11.6. The summed E-state index contributed by atoms with van der Waals surface area (Å²) in [6.45, 7) is 9.86. The van der Waals surface area contributed by atoms with E-state index in [1.807, 2.05) is 0 Å². The van der Waals surface area contributed by atoms with Crippen molar-refractivity contribution in [3.8, 4) is 0 Å². The second-order valence-electron chi connectivity index (χ2n) is 4.74. The molecule has 0 atom stereocenters. The zero-order valence-electron chi connectivity index (χ0n) is 10.0. The van der Waals surface area contributed by atoms with Crippen LogP contribution in [-0.2, 0) is 5.41 Å². The molecule has 0 saturated carbocycles. The summed E-state index contributed by atoms with van der Waals surface area (Å²) in [7, 11) is 0. The summed E-state index contributed by atoms with van der Waals surface area (Å²) in [6.07, 6.45) is 0. The van der Waals surface area contributed by atoms with Gasteiger partial charge in [-0.05, 0) is 30.5 Å². The van der Waals surface area contributed by atoms with E-state index in [0.717, 1.165) is 12.0 Å². The Morgan fingerprint density at radius 3 is 2.40 bits per heavy atom. The summed E-state index contributed by atoms with van der Waals surface area (Å²) in [5, 5.41) is 3.34.